The van der Waals surface area contributed by atoms with Crippen LogP contribution in [0.4, 0.5) is 5.69 Å². The van der Waals surface area contributed by atoms with Crippen molar-refractivity contribution in [2.45, 2.75) is 13.8 Å². The molecule has 1 amide bonds. The van der Waals surface area contributed by atoms with Crippen LogP contribution in [0.25, 0.3) is 16.7 Å². The monoisotopic (exact) mass is 371 g/mol. The standard InChI is InChI=1S/C19H21N3O3S/c1-14(2)11-26(24,25)12-19(23)21-15-7-9-16(10-8-15)22-13-20-17-5-3-4-6-18(17)22/h3-10,13-14H,11-12H2,1-2H3,(H,21,23). The Labute approximate surface area is 152 Å². The van der Waals surface area contributed by atoms with E-state index in [-0.39, 0.29) is 11.7 Å². The van der Waals surface area contributed by atoms with Crippen LogP contribution in [-0.2, 0) is 14.6 Å². The molecule has 1 aromatic heterocycles. The zero-order valence-electron chi connectivity index (χ0n) is 14.7. The van der Waals surface area contributed by atoms with E-state index in [1.807, 2.05) is 54.8 Å². The molecule has 0 spiro atoms. The van der Waals surface area contributed by atoms with Crippen LogP contribution in [-0.4, -0.2) is 35.4 Å². The quantitative estimate of drug-likeness (QED) is 0.722. The highest BCUT2D eigenvalue weighted by atomic mass is 32.2. The van der Waals surface area contributed by atoms with Crippen LogP contribution in [0.3, 0.4) is 0 Å². The van der Waals surface area contributed by atoms with Crippen LogP contribution in [0.1, 0.15) is 13.8 Å². The van der Waals surface area contributed by atoms with Crippen molar-refractivity contribution in [2.24, 2.45) is 5.92 Å². The first-order valence-corrected chi connectivity index (χ1v) is 10.2. The zero-order chi connectivity index (χ0) is 18.7. The SMILES string of the molecule is CC(C)CS(=O)(=O)CC(=O)Nc1ccc(-n2cnc3ccccc32)cc1. The van der Waals surface area contributed by atoms with Crippen molar-refractivity contribution < 1.29 is 13.2 Å². The second kappa shape index (κ2) is 7.29. The molecule has 0 fully saturated rings. The van der Waals surface area contributed by atoms with Crippen molar-refractivity contribution in [2.75, 3.05) is 16.8 Å². The number of carbonyl (C=O) groups excluding carboxylic acids is 1. The number of nitrogens with one attached hydrogen (secondary N) is 1. The van der Waals surface area contributed by atoms with Gasteiger partial charge in [0.2, 0.25) is 5.91 Å². The predicted molar refractivity (Wildman–Crippen MR) is 103 cm³/mol. The van der Waals surface area contributed by atoms with Gasteiger partial charge in [-0.05, 0) is 42.3 Å². The number of hydrogen-bond donors (Lipinski definition) is 1. The summed E-state index contributed by atoms with van der Waals surface area (Å²) in [4.78, 5) is 16.3. The Bertz CT molecular complexity index is 1020. The number of amides is 1. The minimum Gasteiger partial charge on any atom is -0.325 e. The van der Waals surface area contributed by atoms with Crippen molar-refractivity contribution in [3.8, 4) is 5.69 Å². The molecular weight excluding hydrogens is 350 g/mol. The maximum absolute atomic E-state index is 12.0. The van der Waals surface area contributed by atoms with Gasteiger partial charge in [-0.15, -0.1) is 0 Å². The Morgan fingerprint density at radius 3 is 2.50 bits per heavy atom. The highest BCUT2D eigenvalue weighted by Crippen LogP contribution is 2.19. The molecule has 1 N–H and O–H groups in total. The van der Waals surface area contributed by atoms with Gasteiger partial charge in [0.05, 0.1) is 16.8 Å². The maximum Gasteiger partial charge on any atom is 0.239 e. The molecule has 3 aromatic rings. The molecule has 0 atom stereocenters. The number of hydrogen-bond acceptors (Lipinski definition) is 4. The van der Waals surface area contributed by atoms with Gasteiger partial charge in [-0.1, -0.05) is 26.0 Å². The minimum absolute atomic E-state index is 0.00270. The van der Waals surface area contributed by atoms with E-state index in [0.717, 1.165) is 16.7 Å². The van der Waals surface area contributed by atoms with Gasteiger partial charge in [0.1, 0.15) is 12.1 Å². The van der Waals surface area contributed by atoms with E-state index in [0.29, 0.717) is 5.69 Å². The molecule has 7 heteroatoms. The summed E-state index contributed by atoms with van der Waals surface area (Å²) < 4.78 is 25.8. The number of sulfone groups is 1. The normalized spacial score (nSPS) is 11.8. The Hall–Kier alpha value is -2.67. The predicted octanol–water partition coefficient (Wildman–Crippen LogP) is 3.03. The molecule has 0 aliphatic heterocycles. The van der Waals surface area contributed by atoms with Crippen molar-refractivity contribution in [3.63, 3.8) is 0 Å². The Morgan fingerprint density at radius 2 is 1.81 bits per heavy atom. The summed E-state index contributed by atoms with van der Waals surface area (Å²) in [5.41, 5.74) is 3.36. The van der Waals surface area contributed by atoms with Gasteiger partial charge in [-0.25, -0.2) is 13.4 Å². The van der Waals surface area contributed by atoms with Crippen LogP contribution in [0, 0.1) is 5.92 Å². The van der Waals surface area contributed by atoms with Gasteiger partial charge in [-0.2, -0.15) is 0 Å². The molecule has 2 aromatic carbocycles. The van der Waals surface area contributed by atoms with Gasteiger partial charge in [0.25, 0.3) is 0 Å². The molecule has 0 radical (unpaired) electrons. The number of aromatic nitrogens is 2. The van der Waals surface area contributed by atoms with Crippen LogP contribution >= 0.6 is 0 Å². The fraction of sp³-hybridized carbons (Fsp3) is 0.263. The highest BCUT2D eigenvalue weighted by molar-refractivity contribution is 7.92. The molecule has 136 valence electrons. The average Bonchev–Trinajstić information content (AvgIpc) is 2.97. The Morgan fingerprint density at radius 1 is 1.12 bits per heavy atom. The number of carbonyl (C=O) groups is 1. The van der Waals surface area contributed by atoms with Crippen LogP contribution in [0.2, 0.25) is 0 Å². The first kappa shape index (κ1) is 18.1. The topological polar surface area (TPSA) is 81.1 Å². The van der Waals surface area contributed by atoms with Crippen molar-refractivity contribution >= 4 is 32.5 Å². The maximum atomic E-state index is 12.0. The second-order valence-electron chi connectivity index (χ2n) is 6.65. The van der Waals surface area contributed by atoms with E-state index < -0.39 is 21.5 Å². The van der Waals surface area contributed by atoms with Crippen molar-refractivity contribution in [1.82, 2.24) is 9.55 Å². The number of nitrogens with zero attached hydrogens (tertiary/aromatic N) is 2. The van der Waals surface area contributed by atoms with Crippen LogP contribution in [0.5, 0.6) is 0 Å². The van der Waals surface area contributed by atoms with Gasteiger partial charge >= 0.3 is 0 Å². The summed E-state index contributed by atoms with van der Waals surface area (Å²) in [6.07, 6.45) is 1.75. The molecule has 0 aliphatic rings. The smallest absolute Gasteiger partial charge is 0.239 e. The van der Waals surface area contributed by atoms with Crippen LogP contribution < -0.4 is 5.32 Å². The van der Waals surface area contributed by atoms with E-state index in [2.05, 4.69) is 10.3 Å². The summed E-state index contributed by atoms with van der Waals surface area (Å²) in [5, 5.41) is 2.64. The van der Waals surface area contributed by atoms with Gasteiger partial charge in [0, 0.05) is 11.4 Å². The molecule has 1 heterocycles. The summed E-state index contributed by atoms with van der Waals surface area (Å²) in [5.74, 6) is -1.02. The molecule has 0 aliphatic carbocycles. The number of para-hydroxylation sites is 2. The third kappa shape index (κ3) is 4.29. The first-order valence-electron chi connectivity index (χ1n) is 8.37. The third-order valence-electron chi connectivity index (χ3n) is 3.82. The van der Waals surface area contributed by atoms with E-state index in [4.69, 9.17) is 0 Å². The highest BCUT2D eigenvalue weighted by Gasteiger charge is 2.18. The molecular formula is C19H21N3O3S. The third-order valence-corrected chi connectivity index (χ3v) is 5.70. The van der Waals surface area contributed by atoms with Crippen molar-refractivity contribution in [1.29, 1.82) is 0 Å². The lowest BCUT2D eigenvalue weighted by molar-refractivity contribution is -0.113. The fourth-order valence-corrected chi connectivity index (χ4v) is 4.44. The molecule has 3 rings (SSSR count). The molecule has 26 heavy (non-hydrogen) atoms. The van der Waals surface area contributed by atoms with Crippen LogP contribution in [0.15, 0.2) is 54.9 Å². The first-order chi connectivity index (χ1) is 12.3. The summed E-state index contributed by atoms with van der Waals surface area (Å²) >= 11 is 0. The lowest BCUT2D eigenvalue weighted by atomic mass is 10.2. The summed E-state index contributed by atoms with van der Waals surface area (Å²) in [7, 11) is -3.39. The fourth-order valence-electron chi connectivity index (χ4n) is 2.83. The average molecular weight is 371 g/mol. The molecule has 0 saturated heterocycles. The van der Waals surface area contributed by atoms with Crippen molar-refractivity contribution in [3.05, 3.63) is 54.9 Å². The molecule has 0 bridgehead atoms. The van der Waals surface area contributed by atoms with Gasteiger partial charge in [-0.3, -0.25) is 9.36 Å². The van der Waals surface area contributed by atoms with E-state index in [9.17, 15) is 13.2 Å². The minimum atomic E-state index is -3.39. The zero-order valence-corrected chi connectivity index (χ0v) is 15.5. The summed E-state index contributed by atoms with van der Waals surface area (Å²) in [6.45, 7) is 3.63. The number of imidazole rings is 1. The number of fused-ring (bicyclic) bond motifs is 1. The lowest BCUT2D eigenvalue weighted by Gasteiger charge is -2.09. The van der Waals surface area contributed by atoms with E-state index in [1.54, 1.807) is 18.5 Å². The number of anilines is 1. The summed E-state index contributed by atoms with van der Waals surface area (Å²) in [6, 6.07) is 15.0. The molecule has 0 unspecified atom stereocenters. The van der Waals surface area contributed by atoms with Gasteiger partial charge < -0.3 is 5.32 Å². The number of rotatable bonds is 6. The molecule has 6 nitrogen and oxygen atoms in total. The second-order valence-corrected chi connectivity index (χ2v) is 8.76. The lowest BCUT2D eigenvalue weighted by Crippen LogP contribution is -2.26. The molecule has 0 saturated carbocycles. The van der Waals surface area contributed by atoms with Gasteiger partial charge in [0.15, 0.2) is 9.84 Å². The van der Waals surface area contributed by atoms with E-state index >= 15 is 0 Å². The Balaban J connectivity index is 1.71. The Kier molecular flexibility index (Phi) is 5.08. The van der Waals surface area contributed by atoms with E-state index in [1.165, 1.54) is 0 Å². The largest absolute Gasteiger partial charge is 0.325 e. The number of benzene rings is 2.